The third-order valence-corrected chi connectivity index (χ3v) is 8.37. The summed E-state index contributed by atoms with van der Waals surface area (Å²) >= 11 is 0. The predicted octanol–water partition coefficient (Wildman–Crippen LogP) is 4.20. The molecular formula is C24H32N2O2. The molecule has 1 amide bonds. The molecule has 2 fully saturated rings. The SMILES string of the molecule is COC1CCC(C(=O)N2CC[C@@]3(C)c4ccc(C#N)cc4C[C@H]2C3(C)C)CC1. The van der Waals surface area contributed by atoms with Crippen LogP contribution in [0.15, 0.2) is 18.2 Å². The number of piperidine rings is 1. The zero-order chi connectivity index (χ0) is 20.1. The number of nitrogens with zero attached hydrogens (tertiary/aromatic N) is 2. The molecule has 3 aliphatic rings. The normalized spacial score (nSPS) is 33.7. The molecule has 0 spiro atoms. The molecule has 1 aromatic rings. The third-order valence-electron chi connectivity index (χ3n) is 8.37. The smallest absolute Gasteiger partial charge is 0.225 e. The van der Waals surface area contributed by atoms with E-state index in [1.54, 1.807) is 7.11 Å². The number of ether oxygens (including phenoxy) is 1. The van der Waals surface area contributed by atoms with E-state index in [1.807, 2.05) is 12.1 Å². The summed E-state index contributed by atoms with van der Waals surface area (Å²) in [6, 6.07) is 8.64. The zero-order valence-electron chi connectivity index (χ0n) is 17.6. The van der Waals surface area contributed by atoms with Crippen molar-refractivity contribution in [3.63, 3.8) is 0 Å². The molecule has 4 rings (SSSR count). The Balaban J connectivity index is 1.64. The third kappa shape index (κ3) is 2.78. The fraction of sp³-hybridized carbons (Fsp3) is 0.667. The Morgan fingerprint density at radius 2 is 1.93 bits per heavy atom. The van der Waals surface area contributed by atoms with Gasteiger partial charge in [-0.25, -0.2) is 0 Å². The molecule has 1 aromatic carbocycles. The van der Waals surface area contributed by atoms with Gasteiger partial charge >= 0.3 is 0 Å². The molecular weight excluding hydrogens is 348 g/mol. The summed E-state index contributed by atoms with van der Waals surface area (Å²) < 4.78 is 5.49. The van der Waals surface area contributed by atoms with E-state index in [4.69, 9.17) is 4.74 Å². The summed E-state index contributed by atoms with van der Waals surface area (Å²) in [6.45, 7) is 7.86. The first-order valence-electron chi connectivity index (χ1n) is 10.7. The van der Waals surface area contributed by atoms with E-state index in [1.165, 1.54) is 11.1 Å². The first-order valence-corrected chi connectivity index (χ1v) is 10.7. The Hall–Kier alpha value is -1.86. The van der Waals surface area contributed by atoms with E-state index in [0.717, 1.165) is 50.6 Å². The Morgan fingerprint density at radius 3 is 2.57 bits per heavy atom. The summed E-state index contributed by atoms with van der Waals surface area (Å²) in [6.07, 6.45) is 6.00. The van der Waals surface area contributed by atoms with Crippen LogP contribution < -0.4 is 0 Å². The van der Waals surface area contributed by atoms with Gasteiger partial charge in [-0.1, -0.05) is 26.8 Å². The Kier molecular flexibility index (Phi) is 4.78. The van der Waals surface area contributed by atoms with Crippen LogP contribution in [0.25, 0.3) is 0 Å². The maximum atomic E-state index is 13.5. The van der Waals surface area contributed by atoms with Crippen LogP contribution in [-0.2, 0) is 21.4 Å². The van der Waals surface area contributed by atoms with Crippen LogP contribution in [0.1, 0.15) is 69.6 Å². The van der Waals surface area contributed by atoms with Crippen molar-refractivity contribution in [2.75, 3.05) is 13.7 Å². The minimum absolute atomic E-state index is 0.00576. The van der Waals surface area contributed by atoms with Crippen LogP contribution in [0, 0.1) is 22.7 Å². The van der Waals surface area contributed by atoms with Gasteiger partial charge in [0.25, 0.3) is 0 Å². The van der Waals surface area contributed by atoms with Crippen LogP contribution >= 0.6 is 0 Å². The number of benzene rings is 1. The monoisotopic (exact) mass is 380 g/mol. The highest BCUT2D eigenvalue weighted by Gasteiger charge is 2.57. The van der Waals surface area contributed by atoms with Crippen molar-refractivity contribution >= 4 is 5.91 Å². The summed E-state index contributed by atoms with van der Waals surface area (Å²) in [5.41, 5.74) is 3.39. The van der Waals surface area contributed by atoms with E-state index in [0.29, 0.717) is 12.0 Å². The number of nitriles is 1. The van der Waals surface area contributed by atoms with Crippen molar-refractivity contribution in [3.8, 4) is 6.07 Å². The van der Waals surface area contributed by atoms with Crippen LogP contribution in [0.3, 0.4) is 0 Å². The molecule has 4 heteroatoms. The zero-order valence-corrected chi connectivity index (χ0v) is 17.6. The highest BCUT2D eigenvalue weighted by Crippen LogP contribution is 2.56. The molecule has 0 aromatic heterocycles. The van der Waals surface area contributed by atoms with Crippen molar-refractivity contribution in [2.24, 2.45) is 11.3 Å². The first kappa shape index (κ1) is 19.5. The van der Waals surface area contributed by atoms with Crippen LogP contribution in [0.2, 0.25) is 0 Å². The lowest BCUT2D eigenvalue weighted by Crippen LogP contribution is -2.65. The molecule has 0 N–H and O–H groups in total. The number of methoxy groups -OCH3 is 1. The van der Waals surface area contributed by atoms with Gasteiger partial charge in [-0.3, -0.25) is 4.79 Å². The Bertz CT molecular complexity index is 816. The lowest BCUT2D eigenvalue weighted by molar-refractivity contribution is -0.150. The maximum absolute atomic E-state index is 13.5. The molecule has 150 valence electrons. The summed E-state index contributed by atoms with van der Waals surface area (Å²) in [4.78, 5) is 15.7. The Labute approximate surface area is 168 Å². The number of hydrogen-bond donors (Lipinski definition) is 0. The fourth-order valence-corrected chi connectivity index (χ4v) is 6.05. The van der Waals surface area contributed by atoms with E-state index in [9.17, 15) is 10.1 Å². The highest BCUT2D eigenvalue weighted by atomic mass is 16.5. The lowest BCUT2D eigenvalue weighted by Gasteiger charge is -2.61. The van der Waals surface area contributed by atoms with Gasteiger partial charge in [0, 0.05) is 31.0 Å². The number of rotatable bonds is 2. The van der Waals surface area contributed by atoms with Gasteiger partial charge in [0.1, 0.15) is 0 Å². The number of hydrogen-bond acceptors (Lipinski definition) is 3. The standard InChI is InChI=1S/C24H32N2O2/c1-23(2)21-14-18-13-16(15-25)5-10-20(18)24(23,3)11-12-26(21)22(27)17-6-8-19(28-4)9-7-17/h5,10,13,17,19,21H,6-9,11-12,14H2,1-4H3/t17?,19?,21-,24-/m0/s1. The van der Waals surface area contributed by atoms with Crippen molar-refractivity contribution in [3.05, 3.63) is 34.9 Å². The lowest BCUT2D eigenvalue weighted by atomic mass is 9.51. The molecule has 1 saturated carbocycles. The van der Waals surface area contributed by atoms with E-state index >= 15 is 0 Å². The van der Waals surface area contributed by atoms with E-state index in [-0.39, 0.29) is 22.8 Å². The van der Waals surface area contributed by atoms with Gasteiger partial charge in [0.15, 0.2) is 0 Å². The topological polar surface area (TPSA) is 53.3 Å². The number of carbonyl (C=O) groups excluding carboxylic acids is 1. The molecule has 28 heavy (non-hydrogen) atoms. The maximum Gasteiger partial charge on any atom is 0.225 e. The number of amides is 1. The summed E-state index contributed by atoms with van der Waals surface area (Å²) in [5, 5.41) is 9.34. The van der Waals surface area contributed by atoms with Crippen LogP contribution in [0.5, 0.6) is 0 Å². The quantitative estimate of drug-likeness (QED) is 0.772. The average molecular weight is 381 g/mol. The molecule has 1 heterocycles. The van der Waals surface area contributed by atoms with Gasteiger partial charge in [-0.2, -0.15) is 5.26 Å². The van der Waals surface area contributed by atoms with E-state index < -0.39 is 0 Å². The summed E-state index contributed by atoms with van der Waals surface area (Å²) in [7, 11) is 1.77. The second kappa shape index (κ2) is 6.88. The van der Waals surface area contributed by atoms with Gasteiger partial charge in [0.2, 0.25) is 5.91 Å². The molecule has 0 unspecified atom stereocenters. The van der Waals surface area contributed by atoms with Crippen LogP contribution in [-0.4, -0.2) is 36.6 Å². The van der Waals surface area contributed by atoms with Crippen molar-refractivity contribution in [1.29, 1.82) is 5.26 Å². The average Bonchev–Trinajstić information content (AvgIpc) is 2.70. The molecule has 1 saturated heterocycles. The van der Waals surface area contributed by atoms with E-state index in [2.05, 4.69) is 37.8 Å². The largest absolute Gasteiger partial charge is 0.381 e. The van der Waals surface area contributed by atoms with Crippen molar-refractivity contribution < 1.29 is 9.53 Å². The molecule has 4 nitrogen and oxygen atoms in total. The first-order chi connectivity index (χ1) is 13.3. The second-order valence-corrected chi connectivity index (χ2v) is 9.75. The molecule has 1 aliphatic heterocycles. The Morgan fingerprint density at radius 1 is 1.21 bits per heavy atom. The minimum Gasteiger partial charge on any atom is -0.381 e. The number of carbonyl (C=O) groups is 1. The molecule has 0 radical (unpaired) electrons. The van der Waals surface area contributed by atoms with Crippen molar-refractivity contribution in [2.45, 2.75) is 76.9 Å². The molecule has 2 aliphatic carbocycles. The molecule has 2 bridgehead atoms. The van der Waals surface area contributed by atoms with Gasteiger partial charge < -0.3 is 9.64 Å². The fourth-order valence-electron chi connectivity index (χ4n) is 6.05. The highest BCUT2D eigenvalue weighted by molar-refractivity contribution is 5.80. The van der Waals surface area contributed by atoms with Crippen LogP contribution in [0.4, 0.5) is 0 Å². The minimum atomic E-state index is 0.00576. The van der Waals surface area contributed by atoms with Gasteiger partial charge in [-0.05, 0) is 67.2 Å². The van der Waals surface area contributed by atoms with Gasteiger partial charge in [0.05, 0.1) is 17.7 Å². The van der Waals surface area contributed by atoms with Crippen molar-refractivity contribution in [1.82, 2.24) is 4.90 Å². The molecule has 2 atom stereocenters. The number of likely N-dealkylation sites (tertiary alicyclic amines) is 1. The second-order valence-electron chi connectivity index (χ2n) is 9.75. The predicted molar refractivity (Wildman–Crippen MR) is 109 cm³/mol. The number of fused-ring (bicyclic) bond motifs is 4. The summed E-state index contributed by atoms with van der Waals surface area (Å²) in [5.74, 6) is 0.480. The van der Waals surface area contributed by atoms with Gasteiger partial charge in [-0.15, -0.1) is 0 Å².